The largest absolute Gasteiger partial charge is 0.370 e. The van der Waals surface area contributed by atoms with Crippen LogP contribution in [0.5, 0.6) is 0 Å². The van der Waals surface area contributed by atoms with Crippen molar-refractivity contribution >= 4 is 16.8 Å². The number of nitrogens with one attached hydrogen (secondary N) is 1. The van der Waals surface area contributed by atoms with E-state index in [0.717, 1.165) is 19.4 Å². The molecule has 0 spiro atoms. The van der Waals surface area contributed by atoms with Gasteiger partial charge in [-0.15, -0.1) is 0 Å². The number of hydrogen-bond acceptors (Lipinski definition) is 2. The van der Waals surface area contributed by atoms with Crippen molar-refractivity contribution in [2.45, 2.75) is 45.3 Å². The van der Waals surface area contributed by atoms with Crippen molar-refractivity contribution in [2.75, 3.05) is 18.8 Å². The van der Waals surface area contributed by atoms with Crippen molar-refractivity contribution in [1.29, 1.82) is 0 Å². The number of unbranched alkanes of at least 4 members (excludes halogenated alkanes) is 1. The number of guanidine groups is 1. The molecule has 5 heteroatoms. The predicted octanol–water partition coefficient (Wildman–Crippen LogP) is 1.24. The van der Waals surface area contributed by atoms with Gasteiger partial charge in [-0.3, -0.25) is 9.20 Å². The van der Waals surface area contributed by atoms with Gasteiger partial charge in [0.05, 0.1) is 0 Å². The minimum Gasteiger partial charge on any atom is -0.370 e. The molecule has 1 unspecified atom stereocenters. The van der Waals surface area contributed by atoms with Crippen LogP contribution in [0, 0.1) is 0 Å². The van der Waals surface area contributed by atoms with E-state index in [1.54, 1.807) is 0 Å². The molecule has 0 rings (SSSR count). The Morgan fingerprint density at radius 2 is 2.06 bits per heavy atom. The molecule has 16 heavy (non-hydrogen) atoms. The summed E-state index contributed by atoms with van der Waals surface area (Å²) in [5.41, 5.74) is 5.65. The molecule has 3 N–H and O–H groups in total. The molecule has 0 aliphatic carbocycles. The minimum atomic E-state index is -0.834. The summed E-state index contributed by atoms with van der Waals surface area (Å²) < 4.78 is 11.5. The second kappa shape index (κ2) is 7.65. The molecule has 0 aliphatic heterocycles. The standard InChI is InChI=1S/C11H25N3OS/c1-5-6-7-13-10(12)14-8-9-16(15)11(2,3)4/h5-9H2,1-4H3,(H3,12,13,14). The van der Waals surface area contributed by atoms with Crippen LogP contribution < -0.4 is 11.1 Å². The zero-order valence-electron chi connectivity index (χ0n) is 10.9. The van der Waals surface area contributed by atoms with Crippen LogP contribution >= 0.6 is 0 Å². The summed E-state index contributed by atoms with van der Waals surface area (Å²) in [4.78, 5) is 4.16. The molecular formula is C11H25N3OS. The molecule has 0 amide bonds. The van der Waals surface area contributed by atoms with Crippen LogP contribution in [0.3, 0.4) is 0 Å². The Balaban J connectivity index is 3.74. The van der Waals surface area contributed by atoms with Crippen LogP contribution in [0.4, 0.5) is 0 Å². The maximum atomic E-state index is 11.7. The second-order valence-corrected chi connectivity index (χ2v) is 7.03. The molecule has 1 atom stereocenters. The Bertz CT molecular complexity index is 246. The molecule has 0 aromatic carbocycles. The Morgan fingerprint density at radius 3 is 2.56 bits per heavy atom. The lowest BCUT2D eigenvalue weighted by atomic mass is 10.3. The first-order valence-electron chi connectivity index (χ1n) is 5.80. The van der Waals surface area contributed by atoms with Crippen LogP contribution in [-0.4, -0.2) is 33.8 Å². The molecule has 0 aromatic rings. The average molecular weight is 247 g/mol. The molecule has 0 heterocycles. The minimum absolute atomic E-state index is 0.157. The van der Waals surface area contributed by atoms with Gasteiger partial charge in [-0.25, -0.2) is 0 Å². The van der Waals surface area contributed by atoms with Gasteiger partial charge in [0.2, 0.25) is 0 Å². The lowest BCUT2D eigenvalue weighted by molar-refractivity contribution is 0.647. The van der Waals surface area contributed by atoms with Gasteiger partial charge in [-0.1, -0.05) is 13.3 Å². The third-order valence-electron chi connectivity index (χ3n) is 2.07. The molecule has 96 valence electrons. The second-order valence-electron chi connectivity index (χ2n) is 4.71. The first-order chi connectivity index (χ1) is 7.38. The van der Waals surface area contributed by atoms with Crippen molar-refractivity contribution in [3.63, 3.8) is 0 Å². The van der Waals surface area contributed by atoms with E-state index in [0.29, 0.717) is 18.3 Å². The molecule has 0 saturated heterocycles. The highest BCUT2D eigenvalue weighted by molar-refractivity contribution is 7.86. The molecule has 0 radical (unpaired) electrons. The van der Waals surface area contributed by atoms with E-state index in [1.807, 2.05) is 20.8 Å². The maximum absolute atomic E-state index is 11.7. The summed E-state index contributed by atoms with van der Waals surface area (Å²) in [7, 11) is -0.834. The van der Waals surface area contributed by atoms with Gasteiger partial charge in [0.25, 0.3) is 0 Å². The van der Waals surface area contributed by atoms with E-state index in [1.165, 1.54) is 0 Å². The van der Waals surface area contributed by atoms with E-state index in [4.69, 9.17) is 5.73 Å². The van der Waals surface area contributed by atoms with E-state index in [9.17, 15) is 4.21 Å². The van der Waals surface area contributed by atoms with E-state index in [2.05, 4.69) is 17.2 Å². The van der Waals surface area contributed by atoms with Crippen LogP contribution in [0.25, 0.3) is 0 Å². The summed E-state index contributed by atoms with van der Waals surface area (Å²) in [5.74, 6) is 1.06. The SMILES string of the molecule is CCCCN=C(N)NCCS(=O)C(C)(C)C. The van der Waals surface area contributed by atoms with Gasteiger partial charge in [-0.05, 0) is 27.2 Å². The fourth-order valence-corrected chi connectivity index (χ4v) is 1.89. The maximum Gasteiger partial charge on any atom is 0.188 e. The number of nitrogens with two attached hydrogens (primary N) is 1. The van der Waals surface area contributed by atoms with Gasteiger partial charge in [0.1, 0.15) is 0 Å². The van der Waals surface area contributed by atoms with Crippen LogP contribution in [0.1, 0.15) is 40.5 Å². The number of rotatable bonds is 6. The monoisotopic (exact) mass is 247 g/mol. The third-order valence-corrected chi connectivity index (χ3v) is 4.01. The summed E-state index contributed by atoms with van der Waals surface area (Å²) >= 11 is 0. The highest BCUT2D eigenvalue weighted by Crippen LogP contribution is 2.10. The normalized spacial score (nSPS) is 14.9. The summed E-state index contributed by atoms with van der Waals surface area (Å²) in [6, 6.07) is 0. The van der Waals surface area contributed by atoms with Crippen molar-refractivity contribution < 1.29 is 4.21 Å². The summed E-state index contributed by atoms with van der Waals surface area (Å²) in [5, 5.41) is 2.98. The lowest BCUT2D eigenvalue weighted by Gasteiger charge is -2.17. The van der Waals surface area contributed by atoms with Gasteiger partial charge in [0.15, 0.2) is 5.96 Å². The van der Waals surface area contributed by atoms with E-state index < -0.39 is 10.8 Å². The van der Waals surface area contributed by atoms with Crippen LogP contribution in [0.15, 0.2) is 4.99 Å². The number of aliphatic imine (C=N–C) groups is 1. The smallest absolute Gasteiger partial charge is 0.188 e. The molecule has 0 bridgehead atoms. The summed E-state index contributed by atoms with van der Waals surface area (Å²) in [6.07, 6.45) is 2.17. The zero-order valence-corrected chi connectivity index (χ0v) is 11.7. The fraction of sp³-hybridized carbons (Fsp3) is 0.909. The Morgan fingerprint density at radius 1 is 1.44 bits per heavy atom. The van der Waals surface area contributed by atoms with Gasteiger partial charge in [0, 0.05) is 34.4 Å². The van der Waals surface area contributed by atoms with Crippen molar-refractivity contribution in [3.8, 4) is 0 Å². The molecule has 0 aliphatic rings. The molecule has 0 saturated carbocycles. The van der Waals surface area contributed by atoms with Crippen molar-refractivity contribution in [3.05, 3.63) is 0 Å². The predicted molar refractivity (Wildman–Crippen MR) is 72.2 cm³/mol. The third kappa shape index (κ3) is 7.68. The Hall–Kier alpha value is -0.580. The van der Waals surface area contributed by atoms with Gasteiger partial charge >= 0.3 is 0 Å². The zero-order chi connectivity index (χ0) is 12.6. The Kier molecular flexibility index (Phi) is 7.38. The van der Waals surface area contributed by atoms with Gasteiger partial charge < -0.3 is 11.1 Å². The quantitative estimate of drug-likeness (QED) is 0.421. The average Bonchev–Trinajstić information content (AvgIpc) is 2.16. The molecule has 0 aromatic heterocycles. The van der Waals surface area contributed by atoms with Gasteiger partial charge in [-0.2, -0.15) is 0 Å². The van der Waals surface area contributed by atoms with Crippen LogP contribution in [-0.2, 0) is 10.8 Å². The first kappa shape index (κ1) is 15.4. The van der Waals surface area contributed by atoms with Crippen molar-refractivity contribution in [2.24, 2.45) is 10.7 Å². The number of hydrogen-bond donors (Lipinski definition) is 2. The Labute approximate surface area is 102 Å². The first-order valence-corrected chi connectivity index (χ1v) is 7.12. The number of nitrogens with zero attached hydrogens (tertiary/aromatic N) is 1. The van der Waals surface area contributed by atoms with E-state index in [-0.39, 0.29) is 4.75 Å². The highest BCUT2D eigenvalue weighted by atomic mass is 32.2. The fourth-order valence-electron chi connectivity index (χ4n) is 0.992. The van der Waals surface area contributed by atoms with Crippen molar-refractivity contribution in [1.82, 2.24) is 5.32 Å². The molecular weight excluding hydrogens is 222 g/mol. The molecule has 4 nitrogen and oxygen atoms in total. The van der Waals surface area contributed by atoms with E-state index >= 15 is 0 Å². The molecule has 0 fully saturated rings. The lowest BCUT2D eigenvalue weighted by Crippen LogP contribution is -2.36. The van der Waals surface area contributed by atoms with Crippen LogP contribution in [0.2, 0.25) is 0 Å². The topological polar surface area (TPSA) is 67.5 Å². The highest BCUT2D eigenvalue weighted by Gasteiger charge is 2.18. The summed E-state index contributed by atoms with van der Waals surface area (Å²) in [6.45, 7) is 9.42.